The van der Waals surface area contributed by atoms with Crippen LogP contribution in [0.4, 0.5) is 0 Å². The molecule has 6 heteroatoms. The first kappa shape index (κ1) is 15.6. The molecule has 0 aliphatic rings. The van der Waals surface area contributed by atoms with E-state index in [2.05, 4.69) is 10.1 Å². The van der Waals surface area contributed by atoms with Crippen molar-refractivity contribution in [1.82, 2.24) is 10.1 Å². The molecule has 1 unspecified atom stereocenters. The Balaban J connectivity index is 2.79. The zero-order valence-electron chi connectivity index (χ0n) is 12.2. The molecule has 6 nitrogen and oxygen atoms in total. The van der Waals surface area contributed by atoms with E-state index >= 15 is 0 Å². The van der Waals surface area contributed by atoms with Crippen LogP contribution in [0.15, 0.2) is 4.52 Å². The van der Waals surface area contributed by atoms with Gasteiger partial charge in [-0.25, -0.2) is 0 Å². The molecule has 19 heavy (non-hydrogen) atoms. The summed E-state index contributed by atoms with van der Waals surface area (Å²) >= 11 is 0. The standard InChI is InChI=1S/C13H22N2O4/c1-6-17-10(16)8-9-14-12(15-19-9)11(18-7-2)13(3,4)5/h11H,6-8H2,1-5H3. The molecule has 0 radical (unpaired) electrons. The highest BCUT2D eigenvalue weighted by Gasteiger charge is 2.31. The Bertz CT molecular complexity index is 409. The highest BCUT2D eigenvalue weighted by atomic mass is 16.5. The van der Waals surface area contributed by atoms with Crippen molar-refractivity contribution in [2.24, 2.45) is 5.41 Å². The fourth-order valence-electron chi connectivity index (χ4n) is 1.66. The molecular formula is C13H22N2O4. The molecule has 108 valence electrons. The van der Waals surface area contributed by atoms with Gasteiger partial charge in [-0.1, -0.05) is 25.9 Å². The third-order valence-electron chi connectivity index (χ3n) is 2.44. The largest absolute Gasteiger partial charge is 0.466 e. The third kappa shape index (κ3) is 4.63. The van der Waals surface area contributed by atoms with Crippen LogP contribution in [0, 0.1) is 5.41 Å². The molecule has 0 fully saturated rings. The van der Waals surface area contributed by atoms with E-state index in [1.807, 2.05) is 27.7 Å². The lowest BCUT2D eigenvalue weighted by molar-refractivity contribution is -0.142. The molecule has 1 atom stereocenters. The predicted octanol–water partition coefficient (Wildman–Crippen LogP) is 2.30. The van der Waals surface area contributed by atoms with E-state index < -0.39 is 0 Å². The normalized spacial score (nSPS) is 13.3. The zero-order chi connectivity index (χ0) is 14.5. The minimum atomic E-state index is -0.374. The summed E-state index contributed by atoms with van der Waals surface area (Å²) in [7, 11) is 0. The molecule has 0 N–H and O–H groups in total. The van der Waals surface area contributed by atoms with Gasteiger partial charge >= 0.3 is 5.97 Å². The van der Waals surface area contributed by atoms with Crippen LogP contribution in [0.25, 0.3) is 0 Å². The van der Waals surface area contributed by atoms with Crippen molar-refractivity contribution in [3.8, 4) is 0 Å². The van der Waals surface area contributed by atoms with Crippen LogP contribution in [0.5, 0.6) is 0 Å². The van der Waals surface area contributed by atoms with Gasteiger partial charge in [-0.3, -0.25) is 4.79 Å². The Labute approximate surface area is 113 Å². The average Bonchev–Trinajstić information content (AvgIpc) is 2.72. The molecule has 1 aromatic heterocycles. The van der Waals surface area contributed by atoms with Gasteiger partial charge < -0.3 is 14.0 Å². The highest BCUT2D eigenvalue weighted by Crippen LogP contribution is 2.34. The van der Waals surface area contributed by atoms with Gasteiger partial charge in [-0.15, -0.1) is 0 Å². The molecule has 0 saturated heterocycles. The molecule has 0 aliphatic carbocycles. The number of ether oxygens (including phenoxy) is 2. The second-order valence-corrected chi connectivity index (χ2v) is 5.23. The smallest absolute Gasteiger partial charge is 0.315 e. The number of carbonyl (C=O) groups is 1. The molecule has 1 heterocycles. The van der Waals surface area contributed by atoms with Gasteiger partial charge in [0.05, 0.1) is 6.61 Å². The van der Waals surface area contributed by atoms with E-state index in [1.165, 1.54) is 0 Å². The summed E-state index contributed by atoms with van der Waals surface area (Å²) in [6.45, 7) is 10.7. The van der Waals surface area contributed by atoms with Crippen LogP contribution in [0.2, 0.25) is 0 Å². The van der Waals surface area contributed by atoms with Crippen LogP contribution in [-0.2, 0) is 20.7 Å². The monoisotopic (exact) mass is 270 g/mol. The summed E-state index contributed by atoms with van der Waals surface area (Å²) < 4.78 is 15.6. The van der Waals surface area contributed by atoms with Gasteiger partial charge in [0.2, 0.25) is 11.7 Å². The number of hydrogen-bond acceptors (Lipinski definition) is 6. The molecule has 0 spiro atoms. The van der Waals surface area contributed by atoms with Crippen molar-refractivity contribution in [2.75, 3.05) is 13.2 Å². The average molecular weight is 270 g/mol. The third-order valence-corrected chi connectivity index (χ3v) is 2.44. The Morgan fingerprint density at radius 1 is 1.32 bits per heavy atom. The minimum absolute atomic E-state index is 0.0101. The second-order valence-electron chi connectivity index (χ2n) is 5.23. The van der Waals surface area contributed by atoms with E-state index in [0.29, 0.717) is 19.0 Å². The lowest BCUT2D eigenvalue weighted by atomic mass is 9.88. The van der Waals surface area contributed by atoms with Gasteiger partial charge in [-0.05, 0) is 19.3 Å². The number of hydrogen-bond donors (Lipinski definition) is 0. The fourth-order valence-corrected chi connectivity index (χ4v) is 1.66. The molecule has 0 bridgehead atoms. The summed E-state index contributed by atoms with van der Waals surface area (Å²) in [4.78, 5) is 15.5. The topological polar surface area (TPSA) is 74.5 Å². The Hall–Kier alpha value is -1.43. The van der Waals surface area contributed by atoms with E-state index in [9.17, 15) is 4.79 Å². The molecule has 0 aliphatic heterocycles. The van der Waals surface area contributed by atoms with Crippen LogP contribution < -0.4 is 0 Å². The lowest BCUT2D eigenvalue weighted by Crippen LogP contribution is -2.22. The van der Waals surface area contributed by atoms with Gasteiger partial charge in [0, 0.05) is 6.61 Å². The van der Waals surface area contributed by atoms with Crippen molar-refractivity contribution in [3.05, 3.63) is 11.7 Å². The summed E-state index contributed by atoms with van der Waals surface area (Å²) in [5, 5.41) is 3.90. The molecule has 0 saturated carbocycles. The maximum atomic E-state index is 11.3. The van der Waals surface area contributed by atoms with Gasteiger partial charge in [-0.2, -0.15) is 4.98 Å². The first-order chi connectivity index (χ1) is 8.88. The van der Waals surface area contributed by atoms with Crippen molar-refractivity contribution < 1.29 is 18.8 Å². The number of carbonyl (C=O) groups excluding carboxylic acids is 1. The maximum Gasteiger partial charge on any atom is 0.315 e. The van der Waals surface area contributed by atoms with Crippen molar-refractivity contribution in [3.63, 3.8) is 0 Å². The molecule has 0 amide bonds. The minimum Gasteiger partial charge on any atom is -0.466 e. The maximum absolute atomic E-state index is 11.3. The summed E-state index contributed by atoms with van der Waals surface area (Å²) in [5.74, 6) is 0.345. The van der Waals surface area contributed by atoms with Crippen LogP contribution in [-0.4, -0.2) is 29.3 Å². The van der Waals surface area contributed by atoms with E-state index in [-0.39, 0.29) is 29.8 Å². The first-order valence-corrected chi connectivity index (χ1v) is 6.48. The quantitative estimate of drug-likeness (QED) is 0.738. The second kappa shape index (κ2) is 6.65. The number of esters is 1. The Kier molecular flexibility index (Phi) is 5.47. The lowest BCUT2D eigenvalue weighted by Gasteiger charge is -2.27. The molecule has 1 rings (SSSR count). The highest BCUT2D eigenvalue weighted by molar-refractivity contribution is 5.71. The van der Waals surface area contributed by atoms with Gasteiger partial charge in [0.1, 0.15) is 12.5 Å². The molecule has 1 aromatic rings. The summed E-state index contributed by atoms with van der Waals surface area (Å²) in [5.41, 5.74) is -0.152. The first-order valence-electron chi connectivity index (χ1n) is 6.48. The van der Waals surface area contributed by atoms with Crippen LogP contribution in [0.1, 0.15) is 52.4 Å². The van der Waals surface area contributed by atoms with Crippen LogP contribution in [0.3, 0.4) is 0 Å². The summed E-state index contributed by atoms with van der Waals surface area (Å²) in [6, 6.07) is 0. The predicted molar refractivity (Wildman–Crippen MR) is 68.5 cm³/mol. The van der Waals surface area contributed by atoms with E-state index in [0.717, 1.165) is 0 Å². The number of nitrogens with zero attached hydrogens (tertiary/aromatic N) is 2. The van der Waals surface area contributed by atoms with Gasteiger partial charge in [0.15, 0.2) is 0 Å². The molecule has 0 aromatic carbocycles. The van der Waals surface area contributed by atoms with Gasteiger partial charge in [0.25, 0.3) is 0 Å². The van der Waals surface area contributed by atoms with E-state index in [1.54, 1.807) is 6.92 Å². The van der Waals surface area contributed by atoms with E-state index in [4.69, 9.17) is 14.0 Å². The Morgan fingerprint density at radius 2 is 2.00 bits per heavy atom. The molecular weight excluding hydrogens is 248 g/mol. The number of rotatable bonds is 6. The zero-order valence-corrected chi connectivity index (χ0v) is 12.2. The van der Waals surface area contributed by atoms with Crippen molar-refractivity contribution in [2.45, 2.75) is 47.1 Å². The fraction of sp³-hybridized carbons (Fsp3) is 0.769. The Morgan fingerprint density at radius 3 is 2.53 bits per heavy atom. The van der Waals surface area contributed by atoms with Crippen LogP contribution >= 0.6 is 0 Å². The van der Waals surface area contributed by atoms with Crippen molar-refractivity contribution >= 4 is 5.97 Å². The summed E-state index contributed by atoms with van der Waals surface area (Å²) in [6.07, 6.45) is -0.277. The van der Waals surface area contributed by atoms with Crippen molar-refractivity contribution in [1.29, 1.82) is 0 Å². The SMILES string of the molecule is CCOC(=O)Cc1nc(C(OCC)C(C)(C)C)no1. The number of aromatic nitrogens is 2.